The Bertz CT molecular complexity index is 610. The predicted octanol–water partition coefficient (Wildman–Crippen LogP) is 3.66. The van der Waals surface area contributed by atoms with E-state index in [9.17, 15) is 9.59 Å². The van der Waals surface area contributed by atoms with Crippen LogP contribution in [0.5, 0.6) is 0 Å². The molecule has 1 saturated carbocycles. The zero-order valence-electron chi connectivity index (χ0n) is 11.9. The van der Waals surface area contributed by atoms with E-state index < -0.39 is 5.41 Å². The fourth-order valence-corrected chi connectivity index (χ4v) is 3.86. The monoisotopic (exact) mass is 291 g/mol. The first kappa shape index (κ1) is 13.6. The lowest BCUT2D eigenvalue weighted by molar-refractivity contribution is -0.146. The lowest BCUT2D eigenvalue weighted by atomic mass is 9.62. The van der Waals surface area contributed by atoms with Crippen LogP contribution in [0.3, 0.4) is 0 Å². The highest BCUT2D eigenvalue weighted by Crippen LogP contribution is 2.60. The van der Waals surface area contributed by atoms with Crippen LogP contribution in [0.4, 0.5) is 5.69 Å². The molecule has 20 heavy (non-hydrogen) atoms. The first-order chi connectivity index (χ1) is 9.29. The van der Waals surface area contributed by atoms with E-state index in [0.29, 0.717) is 10.7 Å². The Kier molecular flexibility index (Phi) is 2.78. The summed E-state index contributed by atoms with van der Waals surface area (Å²) in [6.07, 6.45) is 1.55. The largest absolute Gasteiger partial charge is 0.274 e. The third-order valence-electron chi connectivity index (χ3n) is 5.49. The van der Waals surface area contributed by atoms with Crippen LogP contribution in [0, 0.1) is 16.7 Å². The van der Waals surface area contributed by atoms with E-state index in [4.69, 9.17) is 11.6 Å². The standard InChI is InChI=1S/C16H18ClNO2/c1-15(2)12-7-8-16(15,3)14(20)18(13(12)19)11-6-4-5-10(17)9-11/h4-6,9,12H,7-8H2,1-3H3/t12-,16-/m0/s1. The van der Waals surface area contributed by atoms with Gasteiger partial charge in [-0.1, -0.05) is 38.4 Å². The van der Waals surface area contributed by atoms with Crippen molar-refractivity contribution in [2.45, 2.75) is 33.6 Å². The SMILES string of the molecule is CC1(C)[C@H]2CC[C@@]1(C)C(=O)N(c1cccc(Cl)c1)C2=O. The van der Waals surface area contributed by atoms with E-state index in [1.165, 1.54) is 4.90 Å². The molecule has 4 heteroatoms. The predicted molar refractivity (Wildman–Crippen MR) is 78.6 cm³/mol. The van der Waals surface area contributed by atoms with Crippen molar-refractivity contribution >= 4 is 29.1 Å². The number of carbonyl (C=O) groups excluding carboxylic acids is 2. The van der Waals surface area contributed by atoms with Gasteiger partial charge in [0, 0.05) is 10.9 Å². The number of carbonyl (C=O) groups is 2. The van der Waals surface area contributed by atoms with Crippen LogP contribution in [0.15, 0.2) is 24.3 Å². The topological polar surface area (TPSA) is 37.4 Å². The van der Waals surface area contributed by atoms with Crippen molar-refractivity contribution in [2.75, 3.05) is 4.90 Å². The number of fused-ring (bicyclic) bond motifs is 2. The normalized spacial score (nSPS) is 31.8. The Labute approximate surface area is 123 Å². The van der Waals surface area contributed by atoms with Crippen molar-refractivity contribution in [3.8, 4) is 0 Å². The van der Waals surface area contributed by atoms with Crippen LogP contribution in [-0.2, 0) is 9.59 Å². The van der Waals surface area contributed by atoms with Gasteiger partial charge in [-0.15, -0.1) is 0 Å². The molecular formula is C16H18ClNO2. The van der Waals surface area contributed by atoms with Gasteiger partial charge in [0.15, 0.2) is 0 Å². The second-order valence-corrected chi connectivity index (χ2v) is 7.04. The van der Waals surface area contributed by atoms with Gasteiger partial charge in [0.1, 0.15) is 0 Å². The summed E-state index contributed by atoms with van der Waals surface area (Å²) in [6, 6.07) is 6.95. The van der Waals surface area contributed by atoms with E-state index in [2.05, 4.69) is 0 Å². The smallest absolute Gasteiger partial charge is 0.240 e. The Balaban J connectivity index is 2.12. The van der Waals surface area contributed by atoms with Gasteiger partial charge in [0.2, 0.25) is 11.8 Å². The molecule has 2 amide bonds. The van der Waals surface area contributed by atoms with Crippen molar-refractivity contribution < 1.29 is 9.59 Å². The quantitative estimate of drug-likeness (QED) is 0.741. The fourth-order valence-electron chi connectivity index (χ4n) is 3.68. The molecule has 2 atom stereocenters. The lowest BCUT2D eigenvalue weighted by Gasteiger charge is -2.47. The molecule has 2 aliphatic rings. The van der Waals surface area contributed by atoms with Crippen molar-refractivity contribution in [1.29, 1.82) is 0 Å². The molecule has 1 aromatic carbocycles. The first-order valence-electron chi connectivity index (χ1n) is 6.93. The highest BCUT2D eigenvalue weighted by atomic mass is 35.5. The van der Waals surface area contributed by atoms with E-state index in [-0.39, 0.29) is 23.1 Å². The highest BCUT2D eigenvalue weighted by Gasteiger charge is 2.64. The van der Waals surface area contributed by atoms with Gasteiger partial charge in [0.25, 0.3) is 0 Å². The van der Waals surface area contributed by atoms with E-state index >= 15 is 0 Å². The molecule has 0 N–H and O–H groups in total. The van der Waals surface area contributed by atoms with Crippen molar-refractivity contribution in [3.05, 3.63) is 29.3 Å². The molecule has 2 bridgehead atoms. The number of nitrogens with zero attached hydrogens (tertiary/aromatic N) is 1. The fraction of sp³-hybridized carbons (Fsp3) is 0.500. The van der Waals surface area contributed by atoms with Gasteiger partial charge in [0.05, 0.1) is 11.1 Å². The second kappa shape index (κ2) is 4.08. The molecule has 3 rings (SSSR count). The Hall–Kier alpha value is -1.35. The van der Waals surface area contributed by atoms with Crippen molar-refractivity contribution in [3.63, 3.8) is 0 Å². The van der Waals surface area contributed by atoms with Gasteiger partial charge in [-0.3, -0.25) is 9.59 Å². The minimum atomic E-state index is -0.478. The van der Waals surface area contributed by atoms with E-state index in [1.807, 2.05) is 20.8 Å². The number of hydrogen-bond acceptors (Lipinski definition) is 2. The number of rotatable bonds is 1. The molecule has 0 radical (unpaired) electrons. The summed E-state index contributed by atoms with van der Waals surface area (Å²) in [5, 5.41) is 0.533. The molecule has 106 valence electrons. The van der Waals surface area contributed by atoms with Gasteiger partial charge >= 0.3 is 0 Å². The molecule has 1 aliphatic carbocycles. The minimum absolute atomic E-state index is 0.0859. The molecule has 0 unspecified atom stereocenters. The Morgan fingerprint density at radius 3 is 2.60 bits per heavy atom. The van der Waals surface area contributed by atoms with Crippen LogP contribution < -0.4 is 4.90 Å². The Morgan fingerprint density at radius 2 is 1.95 bits per heavy atom. The van der Waals surface area contributed by atoms with Crippen LogP contribution in [0.1, 0.15) is 33.6 Å². The summed E-state index contributed by atoms with van der Waals surface area (Å²) in [7, 11) is 0. The lowest BCUT2D eigenvalue weighted by Crippen LogP contribution is -2.59. The van der Waals surface area contributed by atoms with Crippen LogP contribution in [0.25, 0.3) is 0 Å². The highest BCUT2D eigenvalue weighted by molar-refractivity contribution is 6.31. The minimum Gasteiger partial charge on any atom is -0.274 e. The average Bonchev–Trinajstić information content (AvgIpc) is 2.54. The number of piperidine rings is 1. The summed E-state index contributed by atoms with van der Waals surface area (Å²) >= 11 is 5.99. The number of hydrogen-bond donors (Lipinski definition) is 0. The van der Waals surface area contributed by atoms with Crippen molar-refractivity contribution in [1.82, 2.24) is 0 Å². The molecule has 1 aromatic rings. The number of anilines is 1. The number of benzene rings is 1. The van der Waals surface area contributed by atoms with E-state index in [0.717, 1.165) is 12.8 Å². The summed E-state index contributed by atoms with van der Waals surface area (Å²) in [5.74, 6) is -0.273. The number of imide groups is 1. The third kappa shape index (κ3) is 1.53. The molecule has 1 saturated heterocycles. The molecule has 2 fully saturated rings. The molecular weight excluding hydrogens is 274 g/mol. The van der Waals surface area contributed by atoms with Crippen molar-refractivity contribution in [2.24, 2.45) is 16.7 Å². The van der Waals surface area contributed by atoms with Gasteiger partial charge in [-0.2, -0.15) is 0 Å². The zero-order valence-corrected chi connectivity index (χ0v) is 12.7. The maximum atomic E-state index is 12.9. The number of halogens is 1. The summed E-state index contributed by atoms with van der Waals surface area (Å²) in [5.41, 5.74) is -0.175. The first-order valence-corrected chi connectivity index (χ1v) is 7.31. The number of amides is 2. The second-order valence-electron chi connectivity index (χ2n) is 6.60. The summed E-state index contributed by atoms with van der Waals surface area (Å²) in [4.78, 5) is 27.0. The van der Waals surface area contributed by atoms with E-state index in [1.54, 1.807) is 24.3 Å². The molecule has 0 aromatic heterocycles. The molecule has 3 nitrogen and oxygen atoms in total. The third-order valence-corrected chi connectivity index (χ3v) is 5.72. The zero-order chi connectivity index (χ0) is 14.7. The van der Waals surface area contributed by atoms with Gasteiger partial charge in [-0.25, -0.2) is 4.90 Å². The molecule has 1 aliphatic heterocycles. The average molecular weight is 292 g/mol. The van der Waals surface area contributed by atoms with Crippen LogP contribution in [0.2, 0.25) is 5.02 Å². The molecule has 1 heterocycles. The molecule has 0 spiro atoms. The van der Waals surface area contributed by atoms with Gasteiger partial charge < -0.3 is 0 Å². The van der Waals surface area contributed by atoms with Gasteiger partial charge in [-0.05, 0) is 36.5 Å². The van der Waals surface area contributed by atoms with Crippen LogP contribution in [-0.4, -0.2) is 11.8 Å². The maximum absolute atomic E-state index is 12.9. The Morgan fingerprint density at radius 1 is 1.25 bits per heavy atom. The maximum Gasteiger partial charge on any atom is 0.240 e. The van der Waals surface area contributed by atoms with Crippen LogP contribution >= 0.6 is 11.6 Å². The summed E-state index contributed by atoms with van der Waals surface area (Å²) < 4.78 is 0. The summed E-state index contributed by atoms with van der Waals surface area (Å²) in [6.45, 7) is 6.06.